The van der Waals surface area contributed by atoms with Crippen LogP contribution >= 0.6 is 0 Å². The number of carbonyl (C=O) groups excluding carboxylic acids is 1. The van der Waals surface area contributed by atoms with Crippen molar-refractivity contribution in [2.24, 2.45) is 0 Å². The molecule has 1 aromatic rings. The van der Waals surface area contributed by atoms with E-state index in [9.17, 15) is 4.79 Å². The number of rotatable bonds is 4. The van der Waals surface area contributed by atoms with Gasteiger partial charge >= 0.3 is 0 Å². The number of aliphatic hydroxyl groups is 1. The first kappa shape index (κ1) is 11.5. The first-order chi connectivity index (χ1) is 7.20. The van der Waals surface area contributed by atoms with E-state index >= 15 is 0 Å². The molecule has 0 fully saturated rings. The predicted octanol–water partition coefficient (Wildman–Crippen LogP) is -0.130. The fraction of sp³-hybridized carbons (Fsp3) is 0.400. The Hall–Kier alpha value is -1.62. The highest BCUT2D eigenvalue weighted by Gasteiger charge is 2.13. The summed E-state index contributed by atoms with van der Waals surface area (Å²) in [6.45, 7) is 0.473. The highest BCUT2D eigenvalue weighted by molar-refractivity contribution is 5.98. The molecule has 1 aromatic heterocycles. The summed E-state index contributed by atoms with van der Waals surface area (Å²) >= 11 is 0. The molecule has 0 aromatic carbocycles. The zero-order valence-electron chi connectivity index (χ0n) is 8.90. The lowest BCUT2D eigenvalue weighted by molar-refractivity contribution is 0.0963. The number of pyridine rings is 1. The third-order valence-electron chi connectivity index (χ3n) is 2.06. The molecule has 15 heavy (non-hydrogen) atoms. The third kappa shape index (κ3) is 2.66. The van der Waals surface area contributed by atoms with Crippen molar-refractivity contribution in [3.63, 3.8) is 0 Å². The van der Waals surface area contributed by atoms with Gasteiger partial charge in [0.1, 0.15) is 5.82 Å². The molecule has 2 N–H and O–H groups in total. The molecule has 1 rings (SSSR count). The smallest absolute Gasteiger partial charge is 0.254 e. The number of carbonyl (C=O) groups is 1. The van der Waals surface area contributed by atoms with E-state index in [4.69, 9.17) is 5.11 Å². The Balaban J connectivity index is 3.00. The maximum atomic E-state index is 11.5. The number of anilines is 1. The van der Waals surface area contributed by atoms with Gasteiger partial charge < -0.3 is 15.3 Å². The maximum Gasteiger partial charge on any atom is 0.254 e. The van der Waals surface area contributed by atoms with Gasteiger partial charge in [0.25, 0.3) is 5.91 Å². The number of aromatic nitrogens is 1. The van der Waals surface area contributed by atoms with Crippen LogP contribution in [-0.4, -0.2) is 43.2 Å². The van der Waals surface area contributed by atoms with Gasteiger partial charge in [-0.1, -0.05) is 0 Å². The molecule has 0 aliphatic rings. The summed E-state index contributed by atoms with van der Waals surface area (Å²) in [5, 5.41) is 11.4. The van der Waals surface area contributed by atoms with E-state index in [1.807, 2.05) is 0 Å². The molecule has 5 heteroatoms. The second kappa shape index (κ2) is 5.31. The van der Waals surface area contributed by atoms with Gasteiger partial charge in [-0.05, 0) is 12.1 Å². The molecule has 0 bridgehead atoms. The number of likely N-dealkylation sites (N-methyl/N-ethyl adjacent to an activating group) is 1. The molecule has 0 radical (unpaired) electrons. The lowest BCUT2D eigenvalue weighted by Crippen LogP contribution is -2.27. The van der Waals surface area contributed by atoms with Gasteiger partial charge in [-0.15, -0.1) is 0 Å². The van der Waals surface area contributed by atoms with Crippen molar-refractivity contribution in [2.75, 3.05) is 32.1 Å². The second-order valence-corrected chi connectivity index (χ2v) is 3.10. The lowest BCUT2D eigenvalue weighted by Gasteiger charge is -2.19. The van der Waals surface area contributed by atoms with Crippen LogP contribution in [-0.2, 0) is 0 Å². The summed E-state index contributed by atoms with van der Waals surface area (Å²) in [6, 6.07) is 3.41. The number of amides is 1. The van der Waals surface area contributed by atoms with E-state index in [0.29, 0.717) is 17.9 Å². The topological polar surface area (TPSA) is 65.5 Å². The molecule has 1 heterocycles. The molecular weight excluding hydrogens is 194 g/mol. The van der Waals surface area contributed by atoms with Crippen LogP contribution in [0.25, 0.3) is 0 Å². The Labute approximate surface area is 88.7 Å². The van der Waals surface area contributed by atoms with Gasteiger partial charge in [0, 0.05) is 26.8 Å². The van der Waals surface area contributed by atoms with Crippen molar-refractivity contribution >= 4 is 11.7 Å². The summed E-state index contributed by atoms with van der Waals surface area (Å²) in [7, 11) is 3.36. The highest BCUT2D eigenvalue weighted by atomic mass is 16.3. The quantitative estimate of drug-likeness (QED) is 0.725. The van der Waals surface area contributed by atoms with Crippen LogP contribution in [0.1, 0.15) is 10.4 Å². The van der Waals surface area contributed by atoms with Gasteiger partial charge in [-0.3, -0.25) is 4.79 Å². The Bertz CT molecular complexity index is 341. The molecule has 82 valence electrons. The van der Waals surface area contributed by atoms with Crippen molar-refractivity contribution in [3.05, 3.63) is 23.9 Å². The van der Waals surface area contributed by atoms with Gasteiger partial charge in [0.2, 0.25) is 0 Å². The lowest BCUT2D eigenvalue weighted by atomic mass is 10.2. The zero-order chi connectivity index (χ0) is 11.3. The number of hydrogen-bond donors (Lipinski definition) is 2. The number of aliphatic hydroxyl groups excluding tert-OH is 1. The minimum atomic E-state index is -0.178. The van der Waals surface area contributed by atoms with Gasteiger partial charge in [0.15, 0.2) is 0 Å². The zero-order valence-corrected chi connectivity index (χ0v) is 8.90. The van der Waals surface area contributed by atoms with Crippen molar-refractivity contribution in [1.29, 1.82) is 0 Å². The van der Waals surface area contributed by atoms with E-state index in [2.05, 4.69) is 10.3 Å². The fourth-order valence-electron chi connectivity index (χ4n) is 1.27. The van der Waals surface area contributed by atoms with E-state index in [0.717, 1.165) is 0 Å². The van der Waals surface area contributed by atoms with E-state index in [1.54, 1.807) is 37.3 Å². The Morgan fingerprint density at radius 1 is 1.67 bits per heavy atom. The van der Waals surface area contributed by atoms with Crippen LogP contribution in [0.15, 0.2) is 18.3 Å². The van der Waals surface area contributed by atoms with E-state index < -0.39 is 0 Å². The maximum absolute atomic E-state index is 11.5. The standard InChI is InChI=1S/C10H15N3O2/c1-11-10(15)8-4-3-5-12-9(8)13(2)6-7-14/h3-5,14H,6-7H2,1-2H3,(H,11,15). The van der Waals surface area contributed by atoms with Crippen LogP contribution in [0.5, 0.6) is 0 Å². The van der Waals surface area contributed by atoms with Crippen molar-refractivity contribution < 1.29 is 9.90 Å². The average Bonchev–Trinajstić information content (AvgIpc) is 2.28. The fourth-order valence-corrected chi connectivity index (χ4v) is 1.27. The summed E-state index contributed by atoms with van der Waals surface area (Å²) in [4.78, 5) is 17.4. The molecule has 0 aliphatic carbocycles. The normalized spacial score (nSPS) is 9.80. The SMILES string of the molecule is CNC(=O)c1cccnc1N(C)CCO. The molecular formula is C10H15N3O2. The average molecular weight is 209 g/mol. The Kier molecular flexibility index (Phi) is 4.05. The van der Waals surface area contributed by atoms with Crippen molar-refractivity contribution in [3.8, 4) is 0 Å². The second-order valence-electron chi connectivity index (χ2n) is 3.10. The molecule has 0 saturated carbocycles. The summed E-state index contributed by atoms with van der Waals surface area (Å²) in [5.74, 6) is 0.397. The van der Waals surface area contributed by atoms with Gasteiger partial charge in [-0.25, -0.2) is 4.98 Å². The third-order valence-corrected chi connectivity index (χ3v) is 2.06. The summed E-state index contributed by atoms with van der Waals surface area (Å²) in [5.41, 5.74) is 0.510. The highest BCUT2D eigenvalue weighted by Crippen LogP contribution is 2.14. The van der Waals surface area contributed by atoms with Crippen LogP contribution in [0.3, 0.4) is 0 Å². The minimum absolute atomic E-state index is 0.0280. The van der Waals surface area contributed by atoms with Crippen LogP contribution in [0.4, 0.5) is 5.82 Å². The Morgan fingerprint density at radius 2 is 2.40 bits per heavy atom. The minimum Gasteiger partial charge on any atom is -0.395 e. The largest absolute Gasteiger partial charge is 0.395 e. The number of hydrogen-bond acceptors (Lipinski definition) is 4. The first-order valence-corrected chi connectivity index (χ1v) is 4.69. The monoisotopic (exact) mass is 209 g/mol. The van der Waals surface area contributed by atoms with Crippen molar-refractivity contribution in [2.45, 2.75) is 0 Å². The van der Waals surface area contributed by atoms with Gasteiger partial charge in [-0.2, -0.15) is 0 Å². The number of nitrogens with one attached hydrogen (secondary N) is 1. The van der Waals surface area contributed by atoms with E-state index in [1.165, 1.54) is 0 Å². The van der Waals surface area contributed by atoms with Crippen LogP contribution in [0.2, 0.25) is 0 Å². The van der Waals surface area contributed by atoms with Gasteiger partial charge in [0.05, 0.1) is 12.2 Å². The molecule has 1 amide bonds. The Morgan fingerprint density at radius 3 is 3.00 bits per heavy atom. The molecule has 0 atom stereocenters. The van der Waals surface area contributed by atoms with Crippen LogP contribution in [0, 0.1) is 0 Å². The van der Waals surface area contributed by atoms with E-state index in [-0.39, 0.29) is 12.5 Å². The van der Waals surface area contributed by atoms with Crippen molar-refractivity contribution in [1.82, 2.24) is 10.3 Å². The molecule has 0 aliphatic heterocycles. The molecule has 0 saturated heterocycles. The summed E-state index contributed by atoms with van der Waals surface area (Å²) in [6.07, 6.45) is 1.62. The summed E-state index contributed by atoms with van der Waals surface area (Å²) < 4.78 is 0. The van der Waals surface area contributed by atoms with Crippen LogP contribution < -0.4 is 10.2 Å². The molecule has 0 unspecified atom stereocenters. The first-order valence-electron chi connectivity index (χ1n) is 4.69. The predicted molar refractivity (Wildman–Crippen MR) is 58.0 cm³/mol. The number of nitrogens with zero attached hydrogens (tertiary/aromatic N) is 2. The molecule has 0 spiro atoms. The molecule has 5 nitrogen and oxygen atoms in total.